The van der Waals surface area contributed by atoms with Gasteiger partial charge in [0.05, 0.1) is 12.7 Å². The van der Waals surface area contributed by atoms with Crippen molar-refractivity contribution in [2.45, 2.75) is 147 Å². The van der Waals surface area contributed by atoms with Crippen LogP contribution < -0.4 is 0 Å². The fourth-order valence-corrected chi connectivity index (χ4v) is 5.68. The molecule has 0 saturated heterocycles. The quantitative estimate of drug-likeness (QED) is 0.0629. The number of thioether (sulfide) groups is 1. The maximum absolute atomic E-state index is 11.0. The number of carboxylic acid groups (broad SMARTS) is 1. The number of carbonyl (C=O) groups is 1. The van der Waals surface area contributed by atoms with Crippen molar-refractivity contribution in [1.29, 1.82) is 0 Å². The average Bonchev–Trinajstić information content (AvgIpc) is 2.85. The van der Waals surface area contributed by atoms with Gasteiger partial charge in [-0.2, -0.15) is 11.8 Å². The third-order valence-electron chi connectivity index (χ3n) is 6.40. The summed E-state index contributed by atoms with van der Waals surface area (Å²) in [6, 6.07) is 0. The van der Waals surface area contributed by atoms with Crippen molar-refractivity contribution in [1.82, 2.24) is 0 Å². The normalized spacial score (nSPS) is 15.4. The van der Waals surface area contributed by atoms with E-state index in [4.69, 9.17) is 14.6 Å². The van der Waals surface area contributed by atoms with E-state index in [2.05, 4.69) is 20.8 Å². The van der Waals surface area contributed by atoms with Gasteiger partial charge in [0.25, 0.3) is 0 Å². The highest BCUT2D eigenvalue weighted by Gasteiger charge is 2.36. The smallest absolute Gasteiger partial charge is 0.371 e. The molecule has 0 aromatic carbocycles. The summed E-state index contributed by atoms with van der Waals surface area (Å²) in [4.78, 5) is 10.9. The molecule has 6 nitrogen and oxygen atoms in total. The molecule has 4 atom stereocenters. The summed E-state index contributed by atoms with van der Waals surface area (Å²) in [5, 5.41) is 19.0. The third kappa shape index (κ3) is 19.7. The van der Waals surface area contributed by atoms with Crippen molar-refractivity contribution in [3.8, 4) is 0 Å². The number of rotatable bonds is 27. The number of hydrogen-bond donors (Lipinski definition) is 2. The molecule has 0 aromatic rings. The number of unbranched alkanes of at least 4 members (excludes halogenated alkanes) is 13. The first-order valence-corrected chi connectivity index (χ1v) is 16.3. The van der Waals surface area contributed by atoms with E-state index in [0.29, 0.717) is 18.3 Å². The standard InChI is InChI=1S/C27H55O6PS/c1-4-6-8-10-12-14-16-18-23-35-25(20-17-15-13-11-9-7-5-2)24(3)32-21-19-22-33-27(30,34-31)26(28)29/h24-25,30H,4-23,34H2,1-3H3,(H,28,29). The van der Waals surface area contributed by atoms with Gasteiger partial charge in [-0.3, -0.25) is 0 Å². The Kier molecular flexibility index (Phi) is 24.2. The molecule has 210 valence electrons. The number of aliphatic hydroxyl groups is 1. The summed E-state index contributed by atoms with van der Waals surface area (Å²) in [6.07, 6.45) is 21.5. The predicted octanol–water partition coefficient (Wildman–Crippen LogP) is 7.67. The van der Waals surface area contributed by atoms with E-state index in [1.165, 1.54) is 102 Å². The summed E-state index contributed by atoms with van der Waals surface area (Å²) in [5.41, 5.74) is -2.56. The maximum atomic E-state index is 11.0. The first-order valence-electron chi connectivity index (χ1n) is 14.2. The van der Waals surface area contributed by atoms with Crippen LogP contribution in [0.3, 0.4) is 0 Å². The van der Waals surface area contributed by atoms with Crippen LogP contribution in [0.25, 0.3) is 0 Å². The van der Waals surface area contributed by atoms with E-state index in [-0.39, 0.29) is 12.7 Å². The van der Waals surface area contributed by atoms with Crippen LogP contribution in [0.4, 0.5) is 0 Å². The molecule has 0 spiro atoms. The van der Waals surface area contributed by atoms with Gasteiger partial charge in [-0.05, 0) is 31.9 Å². The zero-order valence-corrected chi connectivity index (χ0v) is 24.8. The van der Waals surface area contributed by atoms with Gasteiger partial charge in [-0.1, -0.05) is 104 Å². The highest BCUT2D eigenvalue weighted by atomic mass is 32.2. The SMILES string of the molecule is CCCCCCCCCCSC(CCCCCCCCC)C(C)OCCCOC(O)([PH2]=O)C(=O)O. The van der Waals surface area contributed by atoms with Crippen LogP contribution in [-0.4, -0.2) is 52.0 Å². The van der Waals surface area contributed by atoms with Crippen LogP contribution in [0.1, 0.15) is 130 Å². The summed E-state index contributed by atoms with van der Waals surface area (Å²) < 4.78 is 22.0. The summed E-state index contributed by atoms with van der Waals surface area (Å²) >= 11 is 2.04. The van der Waals surface area contributed by atoms with E-state index >= 15 is 0 Å². The molecule has 0 amide bonds. The molecule has 0 rings (SSSR count). The average molecular weight is 539 g/mol. The molecule has 0 aliphatic heterocycles. The lowest BCUT2D eigenvalue weighted by Gasteiger charge is -2.24. The van der Waals surface area contributed by atoms with Crippen LogP contribution in [0.15, 0.2) is 0 Å². The van der Waals surface area contributed by atoms with Crippen molar-refractivity contribution in [3.05, 3.63) is 0 Å². The number of ether oxygens (including phenoxy) is 2. The molecular formula is C27H55O6PS. The van der Waals surface area contributed by atoms with E-state index in [1.54, 1.807) is 0 Å². The Morgan fingerprint density at radius 1 is 0.829 bits per heavy atom. The van der Waals surface area contributed by atoms with Crippen LogP contribution >= 0.6 is 20.2 Å². The van der Waals surface area contributed by atoms with Crippen LogP contribution in [-0.2, 0) is 18.8 Å². The highest BCUT2D eigenvalue weighted by Crippen LogP contribution is 2.26. The van der Waals surface area contributed by atoms with Crippen molar-refractivity contribution in [2.24, 2.45) is 0 Å². The van der Waals surface area contributed by atoms with Gasteiger partial charge in [0, 0.05) is 11.9 Å². The number of aliphatic carboxylic acids is 1. The van der Waals surface area contributed by atoms with Crippen LogP contribution in [0, 0.1) is 0 Å². The summed E-state index contributed by atoms with van der Waals surface area (Å²) in [6.45, 7) is 7.06. The zero-order valence-electron chi connectivity index (χ0n) is 22.8. The first kappa shape index (κ1) is 34.9. The Bertz CT molecular complexity index is 510. The van der Waals surface area contributed by atoms with Crippen LogP contribution in [0.2, 0.25) is 0 Å². The van der Waals surface area contributed by atoms with E-state index in [0.717, 1.165) is 6.42 Å². The van der Waals surface area contributed by atoms with Gasteiger partial charge >= 0.3 is 11.5 Å². The molecule has 0 saturated carbocycles. The zero-order chi connectivity index (χ0) is 26.2. The number of hydrogen-bond acceptors (Lipinski definition) is 6. The molecule has 0 bridgehead atoms. The second kappa shape index (κ2) is 24.3. The molecule has 2 N–H and O–H groups in total. The fraction of sp³-hybridized carbons (Fsp3) is 0.963. The number of carboxylic acids is 1. The second-order valence-electron chi connectivity index (χ2n) is 9.69. The first-order chi connectivity index (χ1) is 16.9. The Balaban J connectivity index is 4.28. The molecule has 0 radical (unpaired) electrons. The molecule has 0 aliphatic carbocycles. The van der Waals surface area contributed by atoms with Gasteiger partial charge in [0.1, 0.15) is 8.46 Å². The molecule has 0 fully saturated rings. The largest absolute Gasteiger partial charge is 0.477 e. The monoisotopic (exact) mass is 538 g/mol. The molecule has 0 aromatic heterocycles. The lowest BCUT2D eigenvalue weighted by Crippen LogP contribution is -2.36. The maximum Gasteiger partial charge on any atom is 0.371 e. The van der Waals surface area contributed by atoms with Gasteiger partial charge in [0.2, 0.25) is 0 Å². The lowest BCUT2D eigenvalue weighted by atomic mass is 10.1. The Morgan fingerprint density at radius 3 is 1.86 bits per heavy atom. The van der Waals surface area contributed by atoms with Crippen molar-refractivity contribution >= 4 is 26.2 Å². The second-order valence-corrected chi connectivity index (χ2v) is 12.1. The molecule has 0 heterocycles. The minimum absolute atomic E-state index is 0.00140. The summed E-state index contributed by atoms with van der Waals surface area (Å²) in [5.74, 6) is -0.436. The predicted molar refractivity (Wildman–Crippen MR) is 150 cm³/mol. The minimum atomic E-state index is -2.56. The molecule has 4 unspecified atom stereocenters. The Morgan fingerprint density at radius 2 is 1.34 bits per heavy atom. The summed E-state index contributed by atoms with van der Waals surface area (Å²) in [7, 11) is -1.98. The lowest BCUT2D eigenvalue weighted by molar-refractivity contribution is -0.190. The minimum Gasteiger partial charge on any atom is -0.477 e. The van der Waals surface area contributed by atoms with Gasteiger partial charge in [-0.15, -0.1) is 0 Å². The van der Waals surface area contributed by atoms with Crippen molar-refractivity contribution in [2.75, 3.05) is 19.0 Å². The molecular weight excluding hydrogens is 483 g/mol. The highest BCUT2D eigenvalue weighted by molar-refractivity contribution is 7.99. The van der Waals surface area contributed by atoms with Crippen molar-refractivity contribution < 1.29 is 29.0 Å². The molecule has 8 heteroatoms. The van der Waals surface area contributed by atoms with Gasteiger partial charge < -0.3 is 24.3 Å². The van der Waals surface area contributed by atoms with Gasteiger partial charge in [-0.25, -0.2) is 4.79 Å². The topological polar surface area (TPSA) is 93.1 Å². The van der Waals surface area contributed by atoms with E-state index < -0.39 is 20.0 Å². The Labute approximate surface area is 220 Å². The molecule has 35 heavy (non-hydrogen) atoms. The van der Waals surface area contributed by atoms with Crippen LogP contribution in [0.5, 0.6) is 0 Å². The Hall–Kier alpha value is -0.0700. The molecule has 0 aliphatic rings. The third-order valence-corrected chi connectivity index (χ3v) is 8.71. The van der Waals surface area contributed by atoms with E-state index in [9.17, 15) is 14.5 Å². The fourth-order valence-electron chi connectivity index (χ4n) is 4.04. The van der Waals surface area contributed by atoms with Crippen molar-refractivity contribution in [3.63, 3.8) is 0 Å². The van der Waals surface area contributed by atoms with E-state index in [1.807, 2.05) is 11.8 Å². The van der Waals surface area contributed by atoms with Gasteiger partial charge in [0.15, 0.2) is 0 Å².